The molecule has 1 aromatic carbocycles. The van der Waals surface area contributed by atoms with Crippen LogP contribution < -0.4 is 5.43 Å². The van der Waals surface area contributed by atoms with E-state index in [-0.39, 0.29) is 28.2 Å². The predicted molar refractivity (Wildman–Crippen MR) is 86.5 cm³/mol. The van der Waals surface area contributed by atoms with E-state index in [9.17, 15) is 14.7 Å². The average molecular weight is 329 g/mol. The number of carbonyl (C=O) groups excluding carboxylic acids is 2. The van der Waals surface area contributed by atoms with E-state index in [1.54, 1.807) is 43.3 Å². The summed E-state index contributed by atoms with van der Waals surface area (Å²) >= 11 is 1.45. The number of phenols is 1. The van der Waals surface area contributed by atoms with E-state index in [0.29, 0.717) is 5.56 Å². The maximum Gasteiger partial charge on any atom is 0.270 e. The van der Waals surface area contributed by atoms with Gasteiger partial charge in [-0.15, -0.1) is 11.8 Å². The molecule has 1 aromatic heterocycles. The Morgan fingerprint density at radius 1 is 1.22 bits per heavy atom. The molecule has 2 atom stereocenters. The maximum absolute atomic E-state index is 12.4. The highest BCUT2D eigenvalue weighted by molar-refractivity contribution is 8.01. The lowest BCUT2D eigenvalue weighted by Crippen LogP contribution is -2.45. The number of amides is 2. The van der Waals surface area contributed by atoms with Crippen LogP contribution in [0, 0.1) is 0 Å². The smallest absolute Gasteiger partial charge is 0.270 e. The molecular weight excluding hydrogens is 314 g/mol. The minimum atomic E-state index is -0.362. The van der Waals surface area contributed by atoms with Gasteiger partial charge in [-0.25, -0.2) is 5.01 Å². The largest absolute Gasteiger partial charge is 0.508 e. The van der Waals surface area contributed by atoms with E-state index in [1.807, 2.05) is 0 Å². The molecule has 0 aliphatic carbocycles. The topological polar surface area (TPSA) is 82.5 Å². The number of thioether (sulfide) groups is 1. The maximum atomic E-state index is 12.4. The van der Waals surface area contributed by atoms with Gasteiger partial charge in [-0.05, 0) is 36.8 Å². The van der Waals surface area contributed by atoms with Gasteiger partial charge in [0.25, 0.3) is 11.8 Å². The van der Waals surface area contributed by atoms with E-state index in [4.69, 9.17) is 0 Å². The molecule has 2 aromatic rings. The lowest BCUT2D eigenvalue weighted by Gasteiger charge is -2.24. The molecule has 0 saturated carbocycles. The van der Waals surface area contributed by atoms with Gasteiger partial charge in [0.2, 0.25) is 0 Å². The first-order valence-electron chi connectivity index (χ1n) is 7.05. The van der Waals surface area contributed by atoms with Crippen LogP contribution in [0.3, 0.4) is 0 Å². The summed E-state index contributed by atoms with van der Waals surface area (Å²) in [6, 6.07) is 9.77. The van der Waals surface area contributed by atoms with Crippen LogP contribution in [-0.4, -0.2) is 32.2 Å². The molecule has 2 N–H and O–H groups in total. The number of carbonyl (C=O) groups is 2. The predicted octanol–water partition coefficient (Wildman–Crippen LogP) is 2.09. The van der Waals surface area contributed by atoms with Crippen molar-refractivity contribution in [1.29, 1.82) is 0 Å². The highest BCUT2D eigenvalue weighted by Crippen LogP contribution is 2.42. The number of hydrogen-bond acceptors (Lipinski definition) is 5. The van der Waals surface area contributed by atoms with Crippen LogP contribution in [0.25, 0.3) is 0 Å². The zero-order chi connectivity index (χ0) is 16.4. The van der Waals surface area contributed by atoms with Gasteiger partial charge < -0.3 is 5.11 Å². The number of nitrogens with zero attached hydrogens (tertiary/aromatic N) is 2. The number of phenolic OH excluding ortho intramolecular Hbond substituents is 1. The summed E-state index contributed by atoms with van der Waals surface area (Å²) in [6.45, 7) is 1.80. The van der Waals surface area contributed by atoms with Crippen molar-refractivity contribution in [3.05, 3.63) is 59.9 Å². The van der Waals surface area contributed by atoms with Crippen LogP contribution in [0.15, 0.2) is 48.8 Å². The van der Waals surface area contributed by atoms with Crippen molar-refractivity contribution in [2.75, 3.05) is 0 Å². The standard InChI is InChI=1S/C16H15N3O3S/c1-10-15(22)19(18-14(21)11-6-8-17-9-7-11)16(23-10)12-2-4-13(20)5-3-12/h2-10,16,20H,1H3,(H,18,21). The van der Waals surface area contributed by atoms with E-state index in [1.165, 1.54) is 29.2 Å². The van der Waals surface area contributed by atoms with Gasteiger partial charge in [-0.2, -0.15) is 0 Å². The zero-order valence-electron chi connectivity index (χ0n) is 12.3. The third-order valence-electron chi connectivity index (χ3n) is 3.50. The Bertz CT molecular complexity index is 721. The quantitative estimate of drug-likeness (QED) is 0.901. The van der Waals surface area contributed by atoms with Crippen LogP contribution >= 0.6 is 11.8 Å². The fraction of sp³-hybridized carbons (Fsp3) is 0.188. The molecular formula is C16H15N3O3S. The van der Waals surface area contributed by atoms with Crippen LogP contribution in [0.1, 0.15) is 28.2 Å². The fourth-order valence-electron chi connectivity index (χ4n) is 2.28. The Hall–Kier alpha value is -2.54. The van der Waals surface area contributed by atoms with Crippen molar-refractivity contribution in [3.63, 3.8) is 0 Å². The van der Waals surface area contributed by atoms with E-state index in [0.717, 1.165) is 5.56 Å². The fourth-order valence-corrected chi connectivity index (χ4v) is 3.49. The molecule has 0 spiro atoms. The van der Waals surface area contributed by atoms with Crippen LogP contribution in [0.4, 0.5) is 0 Å². The zero-order valence-corrected chi connectivity index (χ0v) is 13.2. The first kappa shape index (κ1) is 15.4. The Kier molecular flexibility index (Phi) is 4.20. The lowest BCUT2D eigenvalue weighted by atomic mass is 10.2. The molecule has 2 unspecified atom stereocenters. The molecule has 118 valence electrons. The number of nitrogens with one attached hydrogen (secondary N) is 1. The molecule has 3 rings (SSSR count). The molecule has 1 aliphatic rings. The second kappa shape index (κ2) is 6.29. The minimum Gasteiger partial charge on any atom is -0.508 e. The Labute approximate surface area is 137 Å². The third-order valence-corrected chi connectivity index (χ3v) is 4.85. The second-order valence-electron chi connectivity index (χ2n) is 5.11. The number of benzene rings is 1. The van der Waals surface area contributed by atoms with Gasteiger partial charge in [-0.1, -0.05) is 12.1 Å². The summed E-state index contributed by atoms with van der Waals surface area (Å²) in [5.41, 5.74) is 3.94. The first-order valence-corrected chi connectivity index (χ1v) is 7.99. The number of hydrogen-bond donors (Lipinski definition) is 2. The van der Waals surface area contributed by atoms with E-state index >= 15 is 0 Å². The Balaban J connectivity index is 1.84. The van der Waals surface area contributed by atoms with Crippen molar-refractivity contribution in [2.24, 2.45) is 0 Å². The average Bonchev–Trinajstić information content (AvgIpc) is 2.85. The third kappa shape index (κ3) is 3.14. The molecule has 1 aliphatic heterocycles. The normalized spacial score (nSPS) is 20.6. The highest BCUT2D eigenvalue weighted by atomic mass is 32.2. The van der Waals surface area contributed by atoms with Crippen LogP contribution in [0.5, 0.6) is 5.75 Å². The summed E-state index contributed by atoms with van der Waals surface area (Å²) in [7, 11) is 0. The summed E-state index contributed by atoms with van der Waals surface area (Å²) in [4.78, 5) is 28.5. The molecule has 2 amide bonds. The SMILES string of the molecule is CC1SC(c2ccc(O)cc2)N(NC(=O)c2ccncc2)C1=O. The van der Waals surface area contributed by atoms with Gasteiger partial charge in [-0.3, -0.25) is 20.0 Å². The van der Waals surface area contributed by atoms with Gasteiger partial charge in [0, 0.05) is 18.0 Å². The molecule has 1 saturated heterocycles. The Morgan fingerprint density at radius 2 is 1.87 bits per heavy atom. The molecule has 2 heterocycles. The van der Waals surface area contributed by atoms with Gasteiger partial charge >= 0.3 is 0 Å². The number of rotatable bonds is 3. The van der Waals surface area contributed by atoms with Crippen LogP contribution in [0.2, 0.25) is 0 Å². The molecule has 7 heteroatoms. The highest BCUT2D eigenvalue weighted by Gasteiger charge is 2.39. The monoisotopic (exact) mass is 329 g/mol. The van der Waals surface area contributed by atoms with Crippen molar-refractivity contribution < 1.29 is 14.7 Å². The summed E-state index contributed by atoms with van der Waals surface area (Å²) in [6.07, 6.45) is 3.05. The van der Waals surface area contributed by atoms with Crippen molar-refractivity contribution in [3.8, 4) is 5.75 Å². The van der Waals surface area contributed by atoms with E-state index < -0.39 is 0 Å². The second-order valence-corrected chi connectivity index (χ2v) is 6.53. The number of aromatic hydroxyl groups is 1. The molecule has 6 nitrogen and oxygen atoms in total. The summed E-state index contributed by atoms with van der Waals surface area (Å²) in [5.74, 6) is -0.363. The minimum absolute atomic E-state index is 0.156. The number of pyridine rings is 1. The lowest BCUT2D eigenvalue weighted by molar-refractivity contribution is -0.132. The Morgan fingerprint density at radius 3 is 2.52 bits per heavy atom. The molecule has 0 radical (unpaired) electrons. The summed E-state index contributed by atoms with van der Waals surface area (Å²) in [5, 5.41) is 10.2. The molecule has 0 bridgehead atoms. The van der Waals surface area contributed by atoms with Gasteiger partial charge in [0.1, 0.15) is 11.1 Å². The van der Waals surface area contributed by atoms with E-state index in [2.05, 4.69) is 10.4 Å². The van der Waals surface area contributed by atoms with Gasteiger partial charge in [0.05, 0.1) is 5.25 Å². The van der Waals surface area contributed by atoms with Crippen molar-refractivity contribution in [2.45, 2.75) is 17.5 Å². The number of hydrazine groups is 1. The van der Waals surface area contributed by atoms with Crippen LogP contribution in [-0.2, 0) is 4.79 Å². The van der Waals surface area contributed by atoms with Crippen molar-refractivity contribution in [1.82, 2.24) is 15.4 Å². The summed E-state index contributed by atoms with van der Waals surface area (Å²) < 4.78 is 0. The van der Waals surface area contributed by atoms with Gasteiger partial charge in [0.15, 0.2) is 0 Å². The number of aromatic nitrogens is 1. The first-order chi connectivity index (χ1) is 11.1. The van der Waals surface area contributed by atoms with Crippen molar-refractivity contribution >= 4 is 23.6 Å². The molecule has 1 fully saturated rings. The molecule has 23 heavy (non-hydrogen) atoms.